The minimum absolute atomic E-state index is 0.0361. The normalized spacial score (nSPS) is 10.5. The number of hydrogen-bond donors (Lipinski definition) is 1. The van der Waals surface area contributed by atoms with Crippen LogP contribution < -0.4 is 10.6 Å². The van der Waals surface area contributed by atoms with Gasteiger partial charge in [-0.2, -0.15) is 5.10 Å². The Morgan fingerprint density at radius 1 is 1.33 bits per heavy atom. The number of aryl methyl sites for hydroxylation is 1. The lowest BCUT2D eigenvalue weighted by atomic mass is 10.1. The van der Waals surface area contributed by atoms with Gasteiger partial charge in [0.2, 0.25) is 0 Å². The summed E-state index contributed by atoms with van der Waals surface area (Å²) in [4.78, 5) is 15.6. The Labute approximate surface area is 124 Å². The number of nitrogens with two attached hydrogens (primary N) is 1. The molecule has 0 atom stereocenters. The fraction of sp³-hybridized carbons (Fsp3) is 0.333. The van der Waals surface area contributed by atoms with Crippen LogP contribution in [-0.4, -0.2) is 41.7 Å². The lowest BCUT2D eigenvalue weighted by Crippen LogP contribution is -2.23. The molecule has 0 saturated carbocycles. The number of carbonyl (C=O) groups is 1. The number of nitrogens with zero attached hydrogens (tertiary/aromatic N) is 4. The number of nitrogen functional groups attached to an aromatic ring is 1. The van der Waals surface area contributed by atoms with E-state index in [-0.39, 0.29) is 5.91 Å². The molecule has 112 valence electrons. The predicted octanol–water partition coefficient (Wildman–Crippen LogP) is 1.34. The Morgan fingerprint density at radius 3 is 2.62 bits per heavy atom. The molecule has 1 aromatic carbocycles. The summed E-state index contributed by atoms with van der Waals surface area (Å²) in [6.07, 6.45) is 3.78. The van der Waals surface area contributed by atoms with Crippen molar-refractivity contribution in [2.45, 2.75) is 6.54 Å². The highest BCUT2D eigenvalue weighted by molar-refractivity contribution is 5.96. The van der Waals surface area contributed by atoms with Crippen LogP contribution in [0.25, 0.3) is 0 Å². The number of aromatic nitrogens is 2. The lowest BCUT2D eigenvalue weighted by molar-refractivity contribution is 0.0827. The summed E-state index contributed by atoms with van der Waals surface area (Å²) in [5, 5.41) is 4.15. The molecule has 6 heteroatoms. The number of amides is 1. The maximum absolute atomic E-state index is 12.0. The van der Waals surface area contributed by atoms with E-state index < -0.39 is 0 Å². The third-order valence-electron chi connectivity index (χ3n) is 3.27. The molecule has 1 heterocycles. The van der Waals surface area contributed by atoms with E-state index in [2.05, 4.69) is 5.10 Å². The van der Waals surface area contributed by atoms with Crippen molar-refractivity contribution in [2.24, 2.45) is 7.05 Å². The Hall–Kier alpha value is -2.50. The van der Waals surface area contributed by atoms with Gasteiger partial charge >= 0.3 is 0 Å². The zero-order valence-corrected chi connectivity index (χ0v) is 12.9. The SMILES string of the molecule is CN(C)C(=O)c1ccc(N)c(N(C)Cc2cnn(C)c2)c1. The van der Waals surface area contributed by atoms with Gasteiger partial charge in [0.15, 0.2) is 0 Å². The van der Waals surface area contributed by atoms with Crippen molar-refractivity contribution in [3.8, 4) is 0 Å². The van der Waals surface area contributed by atoms with E-state index in [1.165, 1.54) is 0 Å². The standard InChI is InChI=1S/C15H21N5O/c1-18(2)15(21)12-5-6-13(16)14(7-12)19(3)9-11-8-17-20(4)10-11/h5-8,10H,9,16H2,1-4H3. The van der Waals surface area contributed by atoms with Gasteiger partial charge in [0, 0.05) is 52.1 Å². The van der Waals surface area contributed by atoms with Gasteiger partial charge in [0.25, 0.3) is 5.91 Å². The second-order valence-corrected chi connectivity index (χ2v) is 5.35. The number of anilines is 2. The first-order valence-electron chi connectivity index (χ1n) is 6.68. The van der Waals surface area contributed by atoms with Crippen LogP contribution in [-0.2, 0) is 13.6 Å². The highest BCUT2D eigenvalue weighted by Crippen LogP contribution is 2.25. The monoisotopic (exact) mass is 287 g/mol. The third-order valence-corrected chi connectivity index (χ3v) is 3.27. The predicted molar refractivity (Wildman–Crippen MR) is 84.2 cm³/mol. The largest absolute Gasteiger partial charge is 0.397 e. The van der Waals surface area contributed by atoms with Gasteiger partial charge in [0.1, 0.15) is 0 Å². The number of rotatable bonds is 4. The molecule has 21 heavy (non-hydrogen) atoms. The summed E-state index contributed by atoms with van der Waals surface area (Å²) in [5.41, 5.74) is 9.24. The number of benzene rings is 1. The lowest BCUT2D eigenvalue weighted by Gasteiger charge is -2.21. The fourth-order valence-electron chi connectivity index (χ4n) is 2.18. The highest BCUT2D eigenvalue weighted by atomic mass is 16.2. The molecule has 0 aliphatic heterocycles. The Balaban J connectivity index is 2.25. The minimum atomic E-state index is -0.0361. The van der Waals surface area contributed by atoms with Crippen LogP contribution >= 0.6 is 0 Å². The molecule has 2 N–H and O–H groups in total. The summed E-state index contributed by atoms with van der Waals surface area (Å²) >= 11 is 0. The average Bonchev–Trinajstić information content (AvgIpc) is 2.83. The van der Waals surface area contributed by atoms with Gasteiger partial charge in [-0.3, -0.25) is 9.48 Å². The van der Waals surface area contributed by atoms with Crippen LogP contribution in [0.2, 0.25) is 0 Å². The minimum Gasteiger partial charge on any atom is -0.397 e. The number of hydrogen-bond acceptors (Lipinski definition) is 4. The highest BCUT2D eigenvalue weighted by Gasteiger charge is 2.13. The van der Waals surface area contributed by atoms with Crippen molar-refractivity contribution in [2.75, 3.05) is 31.8 Å². The molecule has 0 bridgehead atoms. The van der Waals surface area contributed by atoms with E-state index in [0.717, 1.165) is 11.3 Å². The van der Waals surface area contributed by atoms with Crippen molar-refractivity contribution in [1.29, 1.82) is 0 Å². The van der Waals surface area contributed by atoms with Gasteiger partial charge in [-0.25, -0.2) is 0 Å². The van der Waals surface area contributed by atoms with Crippen LogP contribution in [0.4, 0.5) is 11.4 Å². The molecule has 2 aromatic rings. The van der Waals surface area contributed by atoms with E-state index in [1.807, 2.05) is 37.5 Å². The summed E-state index contributed by atoms with van der Waals surface area (Å²) in [5.74, 6) is -0.0361. The maximum Gasteiger partial charge on any atom is 0.253 e. The first-order chi connectivity index (χ1) is 9.88. The van der Waals surface area contributed by atoms with Crippen LogP contribution in [0.1, 0.15) is 15.9 Å². The molecule has 0 spiro atoms. The van der Waals surface area contributed by atoms with Gasteiger partial charge in [0.05, 0.1) is 17.6 Å². The first-order valence-corrected chi connectivity index (χ1v) is 6.68. The molecule has 0 saturated heterocycles. The molecular formula is C15H21N5O. The Bertz CT molecular complexity index is 647. The van der Waals surface area contributed by atoms with E-state index in [4.69, 9.17) is 5.73 Å². The van der Waals surface area contributed by atoms with Crippen molar-refractivity contribution in [1.82, 2.24) is 14.7 Å². The van der Waals surface area contributed by atoms with Gasteiger partial charge in [-0.1, -0.05) is 0 Å². The van der Waals surface area contributed by atoms with Crippen molar-refractivity contribution in [3.05, 3.63) is 41.7 Å². The molecule has 0 aliphatic rings. The van der Waals surface area contributed by atoms with Crippen molar-refractivity contribution in [3.63, 3.8) is 0 Å². The van der Waals surface area contributed by atoms with Crippen LogP contribution in [0.3, 0.4) is 0 Å². The van der Waals surface area contributed by atoms with Crippen molar-refractivity contribution < 1.29 is 4.79 Å². The zero-order chi connectivity index (χ0) is 15.6. The Morgan fingerprint density at radius 2 is 2.05 bits per heavy atom. The van der Waals surface area contributed by atoms with Gasteiger partial charge < -0.3 is 15.5 Å². The first kappa shape index (κ1) is 14.9. The second kappa shape index (κ2) is 5.87. The molecule has 6 nitrogen and oxygen atoms in total. The molecule has 0 fully saturated rings. The number of carbonyl (C=O) groups excluding carboxylic acids is 1. The van der Waals surface area contributed by atoms with Crippen molar-refractivity contribution >= 4 is 17.3 Å². The maximum atomic E-state index is 12.0. The molecule has 0 unspecified atom stereocenters. The van der Waals surface area contributed by atoms with Gasteiger partial charge in [-0.05, 0) is 18.2 Å². The van der Waals surface area contributed by atoms with Crippen LogP contribution in [0.15, 0.2) is 30.6 Å². The summed E-state index contributed by atoms with van der Waals surface area (Å²) in [7, 11) is 7.30. The molecule has 2 rings (SSSR count). The van der Waals surface area contributed by atoms with E-state index in [9.17, 15) is 4.79 Å². The van der Waals surface area contributed by atoms with E-state index in [1.54, 1.807) is 35.8 Å². The second-order valence-electron chi connectivity index (χ2n) is 5.35. The summed E-state index contributed by atoms with van der Waals surface area (Å²) in [6.45, 7) is 0.678. The third kappa shape index (κ3) is 3.34. The topological polar surface area (TPSA) is 67.4 Å². The zero-order valence-electron chi connectivity index (χ0n) is 12.9. The average molecular weight is 287 g/mol. The molecular weight excluding hydrogens is 266 g/mol. The molecule has 0 aliphatic carbocycles. The molecule has 0 radical (unpaired) electrons. The summed E-state index contributed by atoms with van der Waals surface area (Å²) < 4.78 is 1.76. The van der Waals surface area contributed by atoms with Gasteiger partial charge in [-0.15, -0.1) is 0 Å². The Kier molecular flexibility index (Phi) is 4.16. The van der Waals surface area contributed by atoms with E-state index >= 15 is 0 Å². The van der Waals surface area contributed by atoms with E-state index in [0.29, 0.717) is 17.8 Å². The fourth-order valence-corrected chi connectivity index (χ4v) is 2.18. The van der Waals surface area contributed by atoms with Crippen LogP contribution in [0, 0.1) is 0 Å². The molecule has 1 aromatic heterocycles. The quantitative estimate of drug-likeness (QED) is 0.862. The summed E-state index contributed by atoms with van der Waals surface area (Å²) in [6, 6.07) is 5.35. The molecule has 1 amide bonds. The smallest absolute Gasteiger partial charge is 0.253 e. The van der Waals surface area contributed by atoms with Crippen LogP contribution in [0.5, 0.6) is 0 Å².